The van der Waals surface area contributed by atoms with Crippen molar-refractivity contribution >= 4 is 6.09 Å². The number of ether oxygens (including phenoxy) is 1. The van der Waals surface area contributed by atoms with Gasteiger partial charge in [-0.3, -0.25) is 4.90 Å². The Morgan fingerprint density at radius 1 is 1.24 bits per heavy atom. The van der Waals surface area contributed by atoms with Crippen LogP contribution >= 0.6 is 0 Å². The van der Waals surface area contributed by atoms with E-state index < -0.39 is 0 Å². The van der Waals surface area contributed by atoms with E-state index in [0.717, 1.165) is 22.8 Å². The summed E-state index contributed by atoms with van der Waals surface area (Å²) >= 11 is 0. The summed E-state index contributed by atoms with van der Waals surface area (Å²) in [5.74, 6) is 0.803. The van der Waals surface area contributed by atoms with E-state index in [-0.39, 0.29) is 24.7 Å². The summed E-state index contributed by atoms with van der Waals surface area (Å²) in [5.41, 5.74) is 2.55. The monoisotopic (exact) mass is 343 g/mol. The van der Waals surface area contributed by atoms with Gasteiger partial charge in [-0.15, -0.1) is 0 Å². The van der Waals surface area contributed by atoms with Gasteiger partial charge < -0.3 is 14.4 Å². The smallest absolute Gasteiger partial charge is 0.410 e. The summed E-state index contributed by atoms with van der Waals surface area (Å²) < 4.78 is 7.44. The number of imidazole rings is 1. The maximum atomic E-state index is 12.4. The molecule has 0 bridgehead atoms. The summed E-state index contributed by atoms with van der Waals surface area (Å²) in [5, 5.41) is 9.75. The summed E-state index contributed by atoms with van der Waals surface area (Å²) in [6.07, 6.45) is -0.332. The van der Waals surface area contributed by atoms with Crippen molar-refractivity contribution in [3.63, 3.8) is 0 Å². The number of benzene rings is 1. The number of carbonyl (C=O) groups is 1. The summed E-state index contributed by atoms with van der Waals surface area (Å²) in [6.45, 7) is 8.02. The molecule has 0 atom stereocenters. The molecule has 1 aromatic heterocycles. The van der Waals surface area contributed by atoms with Crippen LogP contribution in [0.1, 0.15) is 43.5 Å². The van der Waals surface area contributed by atoms with Crippen LogP contribution in [0.4, 0.5) is 4.79 Å². The van der Waals surface area contributed by atoms with Gasteiger partial charge in [0.05, 0.1) is 24.5 Å². The molecule has 1 aliphatic heterocycles. The first kappa shape index (κ1) is 17.5. The lowest BCUT2D eigenvalue weighted by Gasteiger charge is -2.27. The molecular formula is C19H25N3O3. The number of rotatable bonds is 3. The van der Waals surface area contributed by atoms with Gasteiger partial charge in [-0.05, 0) is 5.56 Å². The Balaban J connectivity index is 1.70. The summed E-state index contributed by atoms with van der Waals surface area (Å²) in [6, 6.07) is 9.64. The minimum Gasteiger partial charge on any atom is -0.445 e. The third kappa shape index (κ3) is 3.69. The van der Waals surface area contributed by atoms with E-state index >= 15 is 0 Å². The lowest BCUT2D eigenvalue weighted by atomic mass is 9.91. The van der Waals surface area contributed by atoms with Crippen LogP contribution < -0.4 is 0 Å². The predicted octanol–water partition coefficient (Wildman–Crippen LogP) is 2.83. The van der Waals surface area contributed by atoms with Gasteiger partial charge in [-0.1, -0.05) is 51.1 Å². The van der Waals surface area contributed by atoms with E-state index in [9.17, 15) is 9.90 Å². The van der Waals surface area contributed by atoms with E-state index in [4.69, 9.17) is 9.72 Å². The van der Waals surface area contributed by atoms with E-state index in [1.165, 1.54) is 0 Å². The van der Waals surface area contributed by atoms with Crippen molar-refractivity contribution in [1.29, 1.82) is 0 Å². The Hall–Kier alpha value is -2.34. The number of aromatic nitrogens is 2. The van der Waals surface area contributed by atoms with Crippen LogP contribution in [-0.4, -0.2) is 32.2 Å². The van der Waals surface area contributed by atoms with E-state index in [1.54, 1.807) is 4.90 Å². The number of hydrogen-bond donors (Lipinski definition) is 1. The highest BCUT2D eigenvalue weighted by molar-refractivity contribution is 5.67. The fourth-order valence-corrected chi connectivity index (χ4v) is 3.12. The summed E-state index contributed by atoms with van der Waals surface area (Å²) in [7, 11) is 0. The highest BCUT2D eigenvalue weighted by atomic mass is 16.6. The van der Waals surface area contributed by atoms with Crippen LogP contribution in [0.5, 0.6) is 0 Å². The first-order valence-electron chi connectivity index (χ1n) is 8.55. The standard InChI is InChI=1S/C19H25N3O3/c1-19(2,3)17-15(12-23)22-10-9-21(11-16(22)20-17)18(24)25-13-14-7-5-4-6-8-14/h4-8,23H,9-13H2,1-3H3. The minimum absolute atomic E-state index is 0.0436. The number of amides is 1. The molecular weight excluding hydrogens is 318 g/mol. The average Bonchev–Trinajstić information content (AvgIpc) is 2.98. The second-order valence-electron chi connectivity index (χ2n) is 7.34. The maximum Gasteiger partial charge on any atom is 0.410 e. The normalized spacial score (nSPS) is 14.3. The van der Waals surface area contributed by atoms with Crippen molar-refractivity contribution < 1.29 is 14.6 Å². The molecule has 0 radical (unpaired) electrons. The van der Waals surface area contributed by atoms with Gasteiger partial charge in [0.15, 0.2) is 0 Å². The number of fused-ring (bicyclic) bond motifs is 1. The van der Waals surface area contributed by atoms with Gasteiger partial charge in [0.2, 0.25) is 0 Å². The predicted molar refractivity (Wildman–Crippen MR) is 93.9 cm³/mol. The molecule has 0 aliphatic carbocycles. The topological polar surface area (TPSA) is 67.6 Å². The first-order chi connectivity index (χ1) is 11.9. The maximum absolute atomic E-state index is 12.4. The highest BCUT2D eigenvalue weighted by Crippen LogP contribution is 2.28. The molecule has 2 heterocycles. The van der Waals surface area contributed by atoms with Crippen LogP contribution in [0, 0.1) is 0 Å². The molecule has 1 aliphatic rings. The van der Waals surface area contributed by atoms with Crippen molar-refractivity contribution in [2.75, 3.05) is 6.54 Å². The molecule has 6 heteroatoms. The van der Waals surface area contributed by atoms with Crippen molar-refractivity contribution in [3.8, 4) is 0 Å². The van der Waals surface area contributed by atoms with Crippen LogP contribution in [0.3, 0.4) is 0 Å². The van der Waals surface area contributed by atoms with Crippen molar-refractivity contribution in [2.24, 2.45) is 0 Å². The fraction of sp³-hybridized carbons (Fsp3) is 0.474. The molecule has 2 aromatic rings. The molecule has 25 heavy (non-hydrogen) atoms. The second-order valence-corrected chi connectivity index (χ2v) is 7.34. The Kier molecular flexibility index (Phi) is 4.81. The number of carbonyl (C=O) groups excluding carboxylic acids is 1. The van der Waals surface area contributed by atoms with Crippen LogP contribution in [0.15, 0.2) is 30.3 Å². The van der Waals surface area contributed by atoms with Crippen molar-refractivity contribution in [2.45, 2.75) is 52.5 Å². The van der Waals surface area contributed by atoms with Gasteiger partial charge in [-0.25, -0.2) is 9.78 Å². The quantitative estimate of drug-likeness (QED) is 0.930. The lowest BCUT2D eigenvalue weighted by Crippen LogP contribution is -2.39. The molecule has 3 rings (SSSR count). The van der Waals surface area contributed by atoms with Crippen LogP contribution in [-0.2, 0) is 36.5 Å². The number of aliphatic hydroxyl groups excluding tert-OH is 1. The Bertz CT molecular complexity index is 747. The zero-order chi connectivity index (χ0) is 18.0. The van der Waals surface area contributed by atoms with E-state index in [1.807, 2.05) is 34.9 Å². The highest BCUT2D eigenvalue weighted by Gasteiger charge is 2.30. The molecule has 6 nitrogen and oxygen atoms in total. The SMILES string of the molecule is CC(C)(C)c1nc2n(c1CO)CCN(C(=O)OCc1ccccc1)C2. The minimum atomic E-state index is -0.332. The zero-order valence-corrected chi connectivity index (χ0v) is 15.0. The Labute approximate surface area is 148 Å². The molecule has 0 spiro atoms. The molecule has 0 saturated heterocycles. The molecule has 1 amide bonds. The van der Waals surface area contributed by atoms with E-state index in [2.05, 4.69) is 20.8 Å². The van der Waals surface area contributed by atoms with Gasteiger partial charge in [0.25, 0.3) is 0 Å². The van der Waals surface area contributed by atoms with Gasteiger partial charge in [-0.2, -0.15) is 0 Å². The molecule has 0 unspecified atom stereocenters. The van der Waals surface area contributed by atoms with Crippen LogP contribution in [0.2, 0.25) is 0 Å². The third-order valence-corrected chi connectivity index (χ3v) is 4.40. The zero-order valence-electron chi connectivity index (χ0n) is 15.0. The lowest BCUT2D eigenvalue weighted by molar-refractivity contribution is 0.0856. The number of nitrogens with zero attached hydrogens (tertiary/aromatic N) is 3. The van der Waals surface area contributed by atoms with E-state index in [0.29, 0.717) is 19.6 Å². The van der Waals surface area contributed by atoms with Crippen molar-refractivity contribution in [3.05, 3.63) is 53.1 Å². The fourth-order valence-electron chi connectivity index (χ4n) is 3.12. The molecule has 1 aromatic carbocycles. The Morgan fingerprint density at radius 2 is 1.96 bits per heavy atom. The molecule has 1 N–H and O–H groups in total. The average molecular weight is 343 g/mol. The Morgan fingerprint density at radius 3 is 2.60 bits per heavy atom. The third-order valence-electron chi connectivity index (χ3n) is 4.40. The second kappa shape index (κ2) is 6.88. The van der Waals surface area contributed by atoms with Gasteiger partial charge >= 0.3 is 6.09 Å². The first-order valence-corrected chi connectivity index (χ1v) is 8.55. The largest absolute Gasteiger partial charge is 0.445 e. The van der Waals surface area contributed by atoms with Gasteiger partial charge in [0, 0.05) is 18.5 Å². The molecule has 0 fully saturated rings. The number of hydrogen-bond acceptors (Lipinski definition) is 4. The van der Waals surface area contributed by atoms with Crippen molar-refractivity contribution in [1.82, 2.24) is 14.5 Å². The summed E-state index contributed by atoms with van der Waals surface area (Å²) in [4.78, 5) is 18.7. The van der Waals surface area contributed by atoms with Gasteiger partial charge in [0.1, 0.15) is 12.4 Å². The molecule has 134 valence electrons. The molecule has 0 saturated carbocycles. The number of aliphatic hydroxyl groups is 1. The van der Waals surface area contributed by atoms with Crippen LogP contribution in [0.25, 0.3) is 0 Å².